The largest absolute Gasteiger partial charge is 0.389 e. The van der Waals surface area contributed by atoms with Gasteiger partial charge in [0.25, 0.3) is 0 Å². The molecule has 6 heteroatoms. The molecule has 0 bridgehead atoms. The van der Waals surface area contributed by atoms with Gasteiger partial charge < -0.3 is 5.32 Å². The van der Waals surface area contributed by atoms with Crippen LogP contribution in [0.5, 0.6) is 0 Å². The first kappa shape index (κ1) is 15.4. The SMILES string of the molecule is CCNC(CCC(F)(F)F)c1ccc(F)c(Br)c1. The third-order valence-corrected chi connectivity index (χ3v) is 3.12. The topological polar surface area (TPSA) is 12.0 Å². The summed E-state index contributed by atoms with van der Waals surface area (Å²) < 4.78 is 50.0. The van der Waals surface area contributed by atoms with Crippen molar-refractivity contribution in [2.24, 2.45) is 0 Å². The molecule has 0 aliphatic carbocycles. The van der Waals surface area contributed by atoms with Crippen molar-refractivity contribution in [3.05, 3.63) is 34.1 Å². The highest BCUT2D eigenvalue weighted by molar-refractivity contribution is 9.10. The van der Waals surface area contributed by atoms with Crippen LogP contribution in [-0.4, -0.2) is 12.7 Å². The normalized spacial score (nSPS) is 13.7. The van der Waals surface area contributed by atoms with E-state index in [0.29, 0.717) is 12.1 Å². The molecule has 0 saturated carbocycles. The Morgan fingerprint density at radius 3 is 2.50 bits per heavy atom. The summed E-state index contributed by atoms with van der Waals surface area (Å²) in [5, 5.41) is 2.97. The highest BCUT2D eigenvalue weighted by Crippen LogP contribution is 2.29. The van der Waals surface area contributed by atoms with Crippen molar-refractivity contribution in [3.8, 4) is 0 Å². The number of hydrogen-bond acceptors (Lipinski definition) is 1. The van der Waals surface area contributed by atoms with E-state index < -0.39 is 24.5 Å². The highest BCUT2D eigenvalue weighted by atomic mass is 79.9. The van der Waals surface area contributed by atoms with Gasteiger partial charge in [0.05, 0.1) is 4.47 Å². The zero-order chi connectivity index (χ0) is 13.8. The van der Waals surface area contributed by atoms with Crippen LogP contribution in [0.25, 0.3) is 0 Å². The second-order valence-corrected chi connectivity index (χ2v) is 4.79. The van der Waals surface area contributed by atoms with Gasteiger partial charge in [-0.3, -0.25) is 0 Å². The van der Waals surface area contributed by atoms with Crippen molar-refractivity contribution >= 4 is 15.9 Å². The maximum Gasteiger partial charge on any atom is 0.389 e. The van der Waals surface area contributed by atoms with E-state index in [0.717, 1.165) is 0 Å². The van der Waals surface area contributed by atoms with E-state index in [2.05, 4.69) is 21.2 Å². The van der Waals surface area contributed by atoms with Crippen LogP contribution in [0.15, 0.2) is 22.7 Å². The van der Waals surface area contributed by atoms with Gasteiger partial charge in [-0.15, -0.1) is 0 Å². The molecule has 0 aliphatic rings. The molecule has 1 unspecified atom stereocenters. The van der Waals surface area contributed by atoms with Crippen LogP contribution in [0.3, 0.4) is 0 Å². The average molecular weight is 328 g/mol. The predicted octanol–water partition coefficient (Wildman–Crippen LogP) is 4.58. The van der Waals surface area contributed by atoms with E-state index in [1.165, 1.54) is 18.2 Å². The Bertz CT molecular complexity index is 392. The van der Waals surface area contributed by atoms with Gasteiger partial charge in [-0.2, -0.15) is 13.2 Å². The standard InChI is InChI=1S/C12H14BrF4N/c1-2-18-11(5-6-12(15,16)17)8-3-4-10(14)9(13)7-8/h3-4,7,11,18H,2,5-6H2,1H3. The van der Waals surface area contributed by atoms with Gasteiger partial charge in [0.1, 0.15) is 5.82 Å². The predicted molar refractivity (Wildman–Crippen MR) is 65.8 cm³/mol. The molecule has 18 heavy (non-hydrogen) atoms. The van der Waals surface area contributed by atoms with Crippen LogP contribution in [0.4, 0.5) is 17.6 Å². The molecule has 1 aromatic rings. The van der Waals surface area contributed by atoms with Gasteiger partial charge in [-0.1, -0.05) is 13.0 Å². The van der Waals surface area contributed by atoms with Crippen LogP contribution in [-0.2, 0) is 0 Å². The van der Waals surface area contributed by atoms with E-state index in [1.54, 1.807) is 0 Å². The lowest BCUT2D eigenvalue weighted by Crippen LogP contribution is -2.23. The fourth-order valence-corrected chi connectivity index (χ4v) is 2.07. The number of rotatable bonds is 5. The van der Waals surface area contributed by atoms with Crippen LogP contribution in [0.1, 0.15) is 31.4 Å². The first-order chi connectivity index (χ1) is 8.33. The Labute approximate surface area is 112 Å². The molecule has 1 nitrogen and oxygen atoms in total. The molecule has 1 atom stereocenters. The monoisotopic (exact) mass is 327 g/mol. The summed E-state index contributed by atoms with van der Waals surface area (Å²) in [6, 6.07) is 3.84. The molecule has 0 amide bonds. The number of alkyl halides is 3. The van der Waals surface area contributed by atoms with E-state index in [9.17, 15) is 17.6 Å². The molecular weight excluding hydrogens is 314 g/mol. The number of hydrogen-bond donors (Lipinski definition) is 1. The second kappa shape index (κ2) is 6.52. The molecule has 1 rings (SSSR count). The van der Waals surface area contributed by atoms with Gasteiger partial charge in [-0.25, -0.2) is 4.39 Å². The molecule has 0 aromatic heterocycles. The molecule has 102 valence electrons. The molecule has 0 aliphatic heterocycles. The summed E-state index contributed by atoms with van der Waals surface area (Å²) in [6.45, 7) is 2.37. The van der Waals surface area contributed by atoms with E-state index in [4.69, 9.17) is 0 Å². The van der Waals surface area contributed by atoms with Crippen LogP contribution >= 0.6 is 15.9 Å². The van der Waals surface area contributed by atoms with Crippen molar-refractivity contribution in [2.45, 2.75) is 32.0 Å². The van der Waals surface area contributed by atoms with Gasteiger partial charge in [0.15, 0.2) is 0 Å². The molecule has 0 heterocycles. The summed E-state index contributed by atoms with van der Waals surface area (Å²) in [5.41, 5.74) is 0.648. The number of nitrogens with one attached hydrogen (secondary N) is 1. The fraction of sp³-hybridized carbons (Fsp3) is 0.500. The number of halogens is 5. The minimum Gasteiger partial charge on any atom is -0.310 e. The zero-order valence-corrected chi connectivity index (χ0v) is 11.4. The average Bonchev–Trinajstić information content (AvgIpc) is 2.27. The first-order valence-corrected chi connectivity index (χ1v) is 6.38. The summed E-state index contributed by atoms with van der Waals surface area (Å²) >= 11 is 3.03. The van der Waals surface area contributed by atoms with E-state index in [-0.39, 0.29) is 10.9 Å². The van der Waals surface area contributed by atoms with Gasteiger partial charge >= 0.3 is 6.18 Å². The lowest BCUT2D eigenvalue weighted by atomic mass is 10.0. The van der Waals surface area contributed by atoms with Crippen molar-refractivity contribution in [1.29, 1.82) is 0 Å². The Morgan fingerprint density at radius 1 is 1.33 bits per heavy atom. The second-order valence-electron chi connectivity index (χ2n) is 3.94. The quantitative estimate of drug-likeness (QED) is 0.780. The fourth-order valence-electron chi connectivity index (χ4n) is 1.67. The smallest absolute Gasteiger partial charge is 0.310 e. The van der Waals surface area contributed by atoms with Gasteiger partial charge in [0.2, 0.25) is 0 Å². The van der Waals surface area contributed by atoms with E-state index >= 15 is 0 Å². The van der Waals surface area contributed by atoms with Crippen LogP contribution in [0.2, 0.25) is 0 Å². The van der Waals surface area contributed by atoms with E-state index in [1.807, 2.05) is 6.92 Å². The Morgan fingerprint density at radius 2 is 2.00 bits per heavy atom. The van der Waals surface area contributed by atoms with Crippen molar-refractivity contribution < 1.29 is 17.6 Å². The highest BCUT2D eigenvalue weighted by Gasteiger charge is 2.28. The minimum atomic E-state index is -4.18. The molecule has 0 spiro atoms. The van der Waals surface area contributed by atoms with Gasteiger partial charge in [-0.05, 0) is 46.6 Å². The maximum atomic E-state index is 13.1. The Hall–Kier alpha value is -0.620. The maximum absolute atomic E-state index is 13.1. The van der Waals surface area contributed by atoms with Crippen molar-refractivity contribution in [1.82, 2.24) is 5.32 Å². The minimum absolute atomic E-state index is 0.0601. The first-order valence-electron chi connectivity index (χ1n) is 5.58. The third-order valence-electron chi connectivity index (χ3n) is 2.51. The molecule has 1 N–H and O–H groups in total. The molecule has 0 saturated heterocycles. The third kappa shape index (κ3) is 4.94. The molecule has 1 aromatic carbocycles. The van der Waals surface area contributed by atoms with Crippen LogP contribution in [0, 0.1) is 5.82 Å². The lowest BCUT2D eigenvalue weighted by Gasteiger charge is -2.19. The van der Waals surface area contributed by atoms with Gasteiger partial charge in [0, 0.05) is 12.5 Å². The summed E-state index contributed by atoms with van der Waals surface area (Å²) in [6.07, 6.45) is -5.10. The Kier molecular flexibility index (Phi) is 5.59. The summed E-state index contributed by atoms with van der Waals surface area (Å²) in [4.78, 5) is 0. The van der Waals surface area contributed by atoms with Crippen molar-refractivity contribution in [2.75, 3.05) is 6.54 Å². The molecular formula is C12H14BrF4N. The zero-order valence-electron chi connectivity index (χ0n) is 9.82. The Balaban J connectivity index is 2.80. The van der Waals surface area contributed by atoms with Crippen LogP contribution < -0.4 is 5.32 Å². The lowest BCUT2D eigenvalue weighted by molar-refractivity contribution is -0.136. The summed E-state index contributed by atoms with van der Waals surface area (Å²) in [7, 11) is 0. The molecule has 0 fully saturated rings. The summed E-state index contributed by atoms with van der Waals surface area (Å²) in [5.74, 6) is -0.426. The molecule has 0 radical (unpaired) electrons. The number of benzene rings is 1. The van der Waals surface area contributed by atoms with Crippen molar-refractivity contribution in [3.63, 3.8) is 0 Å².